The van der Waals surface area contributed by atoms with Gasteiger partial charge >= 0.3 is 0 Å². The summed E-state index contributed by atoms with van der Waals surface area (Å²) in [6.45, 7) is 5.65. The summed E-state index contributed by atoms with van der Waals surface area (Å²) in [6, 6.07) is 9.83. The van der Waals surface area contributed by atoms with Crippen molar-refractivity contribution in [3.05, 3.63) is 29.8 Å². The summed E-state index contributed by atoms with van der Waals surface area (Å²) in [7, 11) is 1.72. The van der Waals surface area contributed by atoms with E-state index in [9.17, 15) is 0 Å². The normalized spacial score (nSPS) is 19.8. The molecule has 3 rings (SSSR count). The summed E-state index contributed by atoms with van der Waals surface area (Å²) in [5, 5.41) is 3.66. The van der Waals surface area contributed by atoms with Crippen LogP contribution >= 0.6 is 0 Å². The molecular weight excluding hydrogens is 260 g/mol. The molecule has 3 heteroatoms. The van der Waals surface area contributed by atoms with E-state index >= 15 is 0 Å². The molecule has 3 nitrogen and oxygen atoms in total. The predicted molar refractivity (Wildman–Crippen MR) is 86.7 cm³/mol. The number of nitrogens with one attached hydrogen (secondary N) is 1. The summed E-state index contributed by atoms with van der Waals surface area (Å²) in [5.41, 5.74) is 1.37. The van der Waals surface area contributed by atoms with E-state index in [0.717, 1.165) is 30.8 Å². The molecule has 0 aliphatic heterocycles. The molecule has 1 N–H and O–H groups in total. The Morgan fingerprint density at radius 3 is 2.43 bits per heavy atom. The van der Waals surface area contributed by atoms with Gasteiger partial charge in [0.15, 0.2) is 0 Å². The number of hydrogen-bond acceptors (Lipinski definition) is 3. The topological polar surface area (TPSA) is 24.5 Å². The zero-order chi connectivity index (χ0) is 14.7. The van der Waals surface area contributed by atoms with E-state index in [-0.39, 0.29) is 0 Å². The average molecular weight is 288 g/mol. The van der Waals surface area contributed by atoms with Crippen molar-refractivity contribution in [3.63, 3.8) is 0 Å². The van der Waals surface area contributed by atoms with Gasteiger partial charge in [0.25, 0.3) is 0 Å². The summed E-state index contributed by atoms with van der Waals surface area (Å²) in [5.74, 6) is 1.91. The van der Waals surface area contributed by atoms with Gasteiger partial charge in [-0.1, -0.05) is 19.1 Å². The highest BCUT2D eigenvalue weighted by Crippen LogP contribution is 2.35. The monoisotopic (exact) mass is 288 g/mol. The molecule has 2 saturated carbocycles. The van der Waals surface area contributed by atoms with Gasteiger partial charge in [0.05, 0.1) is 7.11 Å². The van der Waals surface area contributed by atoms with Gasteiger partial charge in [0.1, 0.15) is 5.75 Å². The van der Waals surface area contributed by atoms with Crippen LogP contribution in [0.1, 0.15) is 44.2 Å². The van der Waals surface area contributed by atoms with Crippen LogP contribution in [0.5, 0.6) is 5.75 Å². The van der Waals surface area contributed by atoms with E-state index in [2.05, 4.69) is 41.4 Å². The van der Waals surface area contributed by atoms with E-state index in [0.29, 0.717) is 6.04 Å². The molecule has 2 aliphatic carbocycles. The molecule has 2 fully saturated rings. The average Bonchev–Trinajstić information content (AvgIpc) is 3.39. The van der Waals surface area contributed by atoms with Crippen LogP contribution in [0, 0.1) is 5.92 Å². The second-order valence-electron chi connectivity index (χ2n) is 6.51. The lowest BCUT2D eigenvalue weighted by Gasteiger charge is -2.28. The Kier molecular flexibility index (Phi) is 4.81. The Balaban J connectivity index is 1.66. The second kappa shape index (κ2) is 6.80. The maximum atomic E-state index is 5.27. The molecule has 2 aliphatic rings. The Morgan fingerprint density at radius 1 is 1.19 bits per heavy atom. The minimum Gasteiger partial charge on any atom is -0.497 e. The van der Waals surface area contributed by atoms with Crippen LogP contribution in [0.4, 0.5) is 0 Å². The number of nitrogens with zero attached hydrogens (tertiary/aromatic N) is 1. The molecule has 1 unspecified atom stereocenters. The summed E-state index contributed by atoms with van der Waals surface area (Å²) in [4.78, 5) is 2.73. The Morgan fingerprint density at radius 2 is 1.90 bits per heavy atom. The van der Waals surface area contributed by atoms with Crippen molar-refractivity contribution in [3.8, 4) is 5.75 Å². The number of likely N-dealkylation sites (N-methyl/N-ethyl adjacent to an activating group) is 1. The van der Waals surface area contributed by atoms with Crippen LogP contribution < -0.4 is 10.1 Å². The summed E-state index contributed by atoms with van der Waals surface area (Å²) in [6.07, 6.45) is 5.68. The van der Waals surface area contributed by atoms with Crippen molar-refractivity contribution in [1.82, 2.24) is 10.2 Å². The molecule has 1 atom stereocenters. The maximum Gasteiger partial charge on any atom is 0.118 e. The van der Waals surface area contributed by atoms with Gasteiger partial charge in [-0.15, -0.1) is 0 Å². The van der Waals surface area contributed by atoms with Crippen LogP contribution in [-0.4, -0.2) is 37.7 Å². The third-order valence-corrected chi connectivity index (χ3v) is 4.64. The third kappa shape index (κ3) is 4.21. The first kappa shape index (κ1) is 14.9. The van der Waals surface area contributed by atoms with Gasteiger partial charge in [-0.05, 0) is 55.8 Å². The molecule has 0 aromatic heterocycles. The Hall–Kier alpha value is -1.06. The maximum absolute atomic E-state index is 5.27. The number of rotatable bonds is 9. The van der Waals surface area contributed by atoms with Crippen molar-refractivity contribution in [2.75, 3.05) is 26.7 Å². The highest BCUT2D eigenvalue weighted by Gasteiger charge is 2.34. The van der Waals surface area contributed by atoms with Gasteiger partial charge in [-0.2, -0.15) is 0 Å². The fourth-order valence-corrected chi connectivity index (χ4v) is 3.05. The second-order valence-corrected chi connectivity index (χ2v) is 6.51. The van der Waals surface area contributed by atoms with Crippen LogP contribution in [0.2, 0.25) is 0 Å². The summed E-state index contributed by atoms with van der Waals surface area (Å²) < 4.78 is 5.27. The fourth-order valence-electron chi connectivity index (χ4n) is 3.05. The molecule has 1 aromatic rings. The molecule has 0 radical (unpaired) electrons. The highest BCUT2D eigenvalue weighted by atomic mass is 16.5. The molecular formula is C18H28N2O. The van der Waals surface area contributed by atoms with Crippen molar-refractivity contribution in [1.29, 1.82) is 0 Å². The fraction of sp³-hybridized carbons (Fsp3) is 0.667. The standard InChI is InChI=1S/C18H28N2O/c1-3-19-18(15-6-10-17(21-2)11-7-15)13-20(16-8-9-16)12-14-4-5-14/h6-7,10-11,14,16,18-19H,3-5,8-9,12-13H2,1-2H3. The van der Waals surface area contributed by atoms with Crippen LogP contribution in [-0.2, 0) is 0 Å². The molecule has 0 saturated heterocycles. The predicted octanol–water partition coefficient (Wildman–Crippen LogP) is 3.22. The minimum atomic E-state index is 0.431. The largest absolute Gasteiger partial charge is 0.497 e. The van der Waals surface area contributed by atoms with Crippen molar-refractivity contribution in [2.24, 2.45) is 5.92 Å². The van der Waals surface area contributed by atoms with Crippen molar-refractivity contribution >= 4 is 0 Å². The summed E-state index contributed by atoms with van der Waals surface area (Å²) >= 11 is 0. The number of ether oxygens (including phenoxy) is 1. The van der Waals surface area contributed by atoms with Crippen molar-refractivity contribution in [2.45, 2.75) is 44.7 Å². The number of methoxy groups -OCH3 is 1. The van der Waals surface area contributed by atoms with E-state index < -0.39 is 0 Å². The first-order valence-electron chi connectivity index (χ1n) is 8.41. The molecule has 0 bridgehead atoms. The SMILES string of the molecule is CCNC(CN(CC1CC1)C1CC1)c1ccc(OC)cc1. The quantitative estimate of drug-likeness (QED) is 0.755. The first-order chi connectivity index (χ1) is 10.3. The van der Waals surface area contributed by atoms with E-state index in [1.54, 1.807) is 7.11 Å². The van der Waals surface area contributed by atoms with E-state index in [1.807, 2.05) is 0 Å². The van der Waals surface area contributed by atoms with Crippen LogP contribution in [0.15, 0.2) is 24.3 Å². The number of benzene rings is 1. The molecule has 0 amide bonds. The third-order valence-electron chi connectivity index (χ3n) is 4.64. The van der Waals surface area contributed by atoms with E-state index in [1.165, 1.54) is 37.8 Å². The number of hydrogen-bond donors (Lipinski definition) is 1. The van der Waals surface area contributed by atoms with E-state index in [4.69, 9.17) is 4.74 Å². The van der Waals surface area contributed by atoms with Gasteiger partial charge in [-0.3, -0.25) is 4.90 Å². The lowest BCUT2D eigenvalue weighted by atomic mass is 10.1. The minimum absolute atomic E-state index is 0.431. The molecule has 116 valence electrons. The molecule has 1 aromatic carbocycles. The van der Waals surface area contributed by atoms with Gasteiger partial charge in [0, 0.05) is 25.2 Å². The molecule has 21 heavy (non-hydrogen) atoms. The lowest BCUT2D eigenvalue weighted by Crippen LogP contribution is -2.37. The molecule has 0 spiro atoms. The first-order valence-corrected chi connectivity index (χ1v) is 8.41. The molecule has 0 heterocycles. The smallest absolute Gasteiger partial charge is 0.118 e. The van der Waals surface area contributed by atoms with Crippen LogP contribution in [0.25, 0.3) is 0 Å². The van der Waals surface area contributed by atoms with Gasteiger partial charge in [0.2, 0.25) is 0 Å². The van der Waals surface area contributed by atoms with Crippen molar-refractivity contribution < 1.29 is 4.74 Å². The highest BCUT2D eigenvalue weighted by molar-refractivity contribution is 5.29. The Bertz CT molecular complexity index is 437. The van der Waals surface area contributed by atoms with Gasteiger partial charge in [-0.25, -0.2) is 0 Å². The lowest BCUT2D eigenvalue weighted by molar-refractivity contribution is 0.224. The zero-order valence-electron chi connectivity index (χ0n) is 13.3. The van der Waals surface area contributed by atoms with Crippen LogP contribution in [0.3, 0.4) is 0 Å². The zero-order valence-corrected chi connectivity index (χ0v) is 13.3. The van der Waals surface area contributed by atoms with Gasteiger partial charge < -0.3 is 10.1 Å². The Labute approximate surface area is 128 Å².